The highest BCUT2D eigenvalue weighted by Crippen LogP contribution is 2.24. The minimum atomic E-state index is -1.36. The van der Waals surface area contributed by atoms with Crippen LogP contribution in [0.4, 0.5) is 8.78 Å². The molecule has 20 heavy (non-hydrogen) atoms. The molecule has 2 N–H and O–H groups in total. The van der Waals surface area contributed by atoms with Gasteiger partial charge < -0.3 is 9.66 Å². The van der Waals surface area contributed by atoms with Gasteiger partial charge in [-0.1, -0.05) is 0 Å². The van der Waals surface area contributed by atoms with Crippen LogP contribution in [0.15, 0.2) is 18.2 Å². The van der Waals surface area contributed by atoms with Crippen LogP contribution in [0, 0.1) is 11.6 Å². The smallest absolute Gasteiger partial charge is 0.136 e. The van der Waals surface area contributed by atoms with E-state index in [1.165, 1.54) is 12.1 Å². The van der Waals surface area contributed by atoms with Crippen molar-refractivity contribution in [3.63, 3.8) is 0 Å². The van der Waals surface area contributed by atoms with Gasteiger partial charge >= 0.3 is 0 Å². The van der Waals surface area contributed by atoms with Crippen molar-refractivity contribution in [2.45, 2.75) is 44.4 Å². The lowest BCUT2D eigenvalue weighted by molar-refractivity contribution is 0.278. The molecule has 2 atom stereocenters. The second kappa shape index (κ2) is 7.36. The Morgan fingerprint density at radius 2 is 1.80 bits per heavy atom. The van der Waals surface area contributed by atoms with E-state index in [0.29, 0.717) is 18.4 Å². The van der Waals surface area contributed by atoms with Crippen molar-refractivity contribution in [2.24, 2.45) is 0 Å². The van der Waals surface area contributed by atoms with Gasteiger partial charge in [0.05, 0.1) is 6.04 Å². The standard InChI is InChI=1S/C14H21F2NO2S/c1-14(2,3)20(19)17-13(5-4-6-18)10-7-11(15)9-12(16)8-10/h7-9,13,17-18H,4-6H2,1-3H3. The summed E-state index contributed by atoms with van der Waals surface area (Å²) < 4.78 is 41.1. The molecule has 0 aliphatic carbocycles. The Labute approximate surface area is 121 Å². The fourth-order valence-corrected chi connectivity index (χ4v) is 2.54. The van der Waals surface area contributed by atoms with Gasteiger partial charge in [-0.15, -0.1) is 4.72 Å². The average Bonchev–Trinajstić information content (AvgIpc) is 2.31. The van der Waals surface area contributed by atoms with E-state index >= 15 is 0 Å². The average molecular weight is 305 g/mol. The predicted octanol–water partition coefficient (Wildman–Crippen LogP) is 2.83. The van der Waals surface area contributed by atoms with E-state index in [1.807, 2.05) is 20.8 Å². The highest BCUT2D eigenvalue weighted by molar-refractivity contribution is 7.90. The van der Waals surface area contributed by atoms with E-state index in [4.69, 9.17) is 5.11 Å². The van der Waals surface area contributed by atoms with E-state index < -0.39 is 33.8 Å². The SMILES string of the molecule is CC(C)(C)[S+]([O-])NC(CCCO)c1cc(F)cc(F)c1. The molecule has 0 spiro atoms. The number of halogens is 2. The monoisotopic (exact) mass is 305 g/mol. The number of hydrogen-bond donors (Lipinski definition) is 2. The first-order chi connectivity index (χ1) is 9.24. The van der Waals surface area contributed by atoms with Crippen LogP contribution in [-0.4, -0.2) is 21.0 Å². The number of hydrogen-bond acceptors (Lipinski definition) is 3. The van der Waals surface area contributed by atoms with Gasteiger partial charge in [0.25, 0.3) is 0 Å². The van der Waals surface area contributed by atoms with Gasteiger partial charge in [0, 0.05) is 24.0 Å². The third kappa shape index (κ3) is 5.36. The normalized spacial score (nSPS) is 15.2. The maximum absolute atomic E-state index is 13.3. The number of rotatable bonds is 6. The predicted molar refractivity (Wildman–Crippen MR) is 76.4 cm³/mol. The van der Waals surface area contributed by atoms with E-state index in [9.17, 15) is 13.3 Å². The Hall–Kier alpha value is -0.690. The Kier molecular flexibility index (Phi) is 6.39. The zero-order chi connectivity index (χ0) is 15.3. The molecule has 3 nitrogen and oxygen atoms in total. The third-order valence-electron chi connectivity index (χ3n) is 2.74. The summed E-state index contributed by atoms with van der Waals surface area (Å²) in [6.45, 7) is 5.40. The number of nitrogens with one attached hydrogen (secondary N) is 1. The molecule has 0 aliphatic rings. The Balaban J connectivity index is 2.93. The highest BCUT2D eigenvalue weighted by Gasteiger charge is 2.30. The molecule has 1 aromatic rings. The molecule has 0 amide bonds. The summed E-state index contributed by atoms with van der Waals surface area (Å²) in [7, 11) is 0. The summed E-state index contributed by atoms with van der Waals surface area (Å²) in [6.07, 6.45) is 0.901. The summed E-state index contributed by atoms with van der Waals surface area (Å²) in [5, 5.41) is 8.91. The van der Waals surface area contributed by atoms with Crippen molar-refractivity contribution in [2.75, 3.05) is 6.61 Å². The van der Waals surface area contributed by atoms with Gasteiger partial charge in [-0.05, 0) is 51.3 Å². The second-order valence-corrected chi connectivity index (χ2v) is 7.62. The third-order valence-corrected chi connectivity index (χ3v) is 4.35. The summed E-state index contributed by atoms with van der Waals surface area (Å²) >= 11 is -1.36. The molecule has 0 saturated heterocycles. The molecular formula is C14H21F2NO2S. The van der Waals surface area contributed by atoms with Crippen LogP contribution < -0.4 is 4.72 Å². The molecular weight excluding hydrogens is 284 g/mol. The molecule has 0 radical (unpaired) electrons. The van der Waals surface area contributed by atoms with Crippen LogP contribution in [0.1, 0.15) is 45.2 Å². The van der Waals surface area contributed by atoms with E-state index in [1.54, 1.807) is 0 Å². The zero-order valence-electron chi connectivity index (χ0n) is 12.0. The van der Waals surface area contributed by atoms with Crippen LogP contribution in [0.5, 0.6) is 0 Å². The van der Waals surface area contributed by atoms with Gasteiger partial charge in [-0.2, -0.15) is 0 Å². The summed E-state index contributed by atoms with van der Waals surface area (Å²) in [5.74, 6) is -1.34. The van der Waals surface area contributed by atoms with Crippen LogP contribution in [0.25, 0.3) is 0 Å². The van der Waals surface area contributed by atoms with Gasteiger partial charge in [-0.25, -0.2) is 8.78 Å². The van der Waals surface area contributed by atoms with E-state index in [0.717, 1.165) is 6.07 Å². The molecule has 114 valence electrons. The van der Waals surface area contributed by atoms with E-state index in [2.05, 4.69) is 4.72 Å². The molecule has 1 rings (SSSR count). The maximum Gasteiger partial charge on any atom is 0.136 e. The van der Waals surface area contributed by atoms with Gasteiger partial charge in [0.2, 0.25) is 0 Å². The number of benzene rings is 1. The fourth-order valence-electron chi connectivity index (χ4n) is 1.67. The molecule has 0 aromatic heterocycles. The van der Waals surface area contributed by atoms with Gasteiger partial charge in [0.15, 0.2) is 0 Å². The first-order valence-electron chi connectivity index (χ1n) is 6.49. The Morgan fingerprint density at radius 1 is 1.25 bits per heavy atom. The topological polar surface area (TPSA) is 55.3 Å². The van der Waals surface area contributed by atoms with Crippen molar-refractivity contribution in [3.8, 4) is 0 Å². The molecule has 2 unspecified atom stereocenters. The lowest BCUT2D eigenvalue weighted by Gasteiger charge is -2.28. The largest absolute Gasteiger partial charge is 0.598 e. The van der Waals surface area contributed by atoms with Crippen LogP contribution in [0.2, 0.25) is 0 Å². The number of aliphatic hydroxyl groups excluding tert-OH is 1. The number of aliphatic hydroxyl groups is 1. The molecule has 0 saturated carbocycles. The lowest BCUT2D eigenvalue weighted by Crippen LogP contribution is -2.41. The highest BCUT2D eigenvalue weighted by atomic mass is 32.2. The van der Waals surface area contributed by atoms with Gasteiger partial charge in [0.1, 0.15) is 16.4 Å². The summed E-state index contributed by atoms with van der Waals surface area (Å²) in [5.41, 5.74) is 0.397. The minimum Gasteiger partial charge on any atom is -0.598 e. The first-order valence-corrected chi connectivity index (χ1v) is 7.64. The molecule has 6 heteroatoms. The van der Waals surface area contributed by atoms with Crippen LogP contribution in [0.3, 0.4) is 0 Å². The summed E-state index contributed by atoms with van der Waals surface area (Å²) in [4.78, 5) is 0. The fraction of sp³-hybridized carbons (Fsp3) is 0.571. The lowest BCUT2D eigenvalue weighted by atomic mass is 10.0. The molecule has 0 aliphatic heterocycles. The van der Waals surface area contributed by atoms with Crippen molar-refractivity contribution in [1.29, 1.82) is 0 Å². The molecule has 0 bridgehead atoms. The van der Waals surface area contributed by atoms with Crippen molar-refractivity contribution >= 4 is 11.4 Å². The molecule has 0 heterocycles. The van der Waals surface area contributed by atoms with Crippen molar-refractivity contribution in [3.05, 3.63) is 35.4 Å². The van der Waals surface area contributed by atoms with E-state index in [-0.39, 0.29) is 6.61 Å². The Bertz CT molecular complexity index is 417. The minimum absolute atomic E-state index is 0.0296. The quantitative estimate of drug-likeness (QED) is 0.795. The van der Waals surface area contributed by atoms with Gasteiger partial charge in [-0.3, -0.25) is 0 Å². The maximum atomic E-state index is 13.3. The molecule has 0 fully saturated rings. The second-order valence-electron chi connectivity index (χ2n) is 5.62. The van der Waals surface area contributed by atoms with Crippen molar-refractivity contribution in [1.82, 2.24) is 4.72 Å². The van der Waals surface area contributed by atoms with Crippen molar-refractivity contribution < 1.29 is 18.4 Å². The van der Waals surface area contributed by atoms with Crippen LogP contribution in [-0.2, 0) is 11.4 Å². The first kappa shape index (κ1) is 17.4. The Morgan fingerprint density at radius 3 is 2.25 bits per heavy atom. The zero-order valence-corrected chi connectivity index (χ0v) is 12.8. The molecule has 1 aromatic carbocycles. The van der Waals surface area contributed by atoms with Crippen LogP contribution >= 0.6 is 0 Å². The summed E-state index contributed by atoms with van der Waals surface area (Å²) in [6, 6.07) is 2.77.